The number of hydrogen-bond acceptors (Lipinski definition) is 7. The lowest BCUT2D eigenvalue weighted by molar-refractivity contribution is 0.386. The molecule has 1 fully saturated rings. The van der Waals surface area contributed by atoms with Crippen LogP contribution in [0.1, 0.15) is 25.5 Å². The molecule has 172 valence electrons. The van der Waals surface area contributed by atoms with Gasteiger partial charge in [0.05, 0.1) is 18.4 Å². The summed E-state index contributed by atoms with van der Waals surface area (Å²) in [6, 6.07) is 6.39. The second-order valence-electron chi connectivity index (χ2n) is 7.82. The van der Waals surface area contributed by atoms with Crippen molar-refractivity contribution in [2.24, 2.45) is 17.8 Å². The molecular weight excluding hydrogens is 423 g/mol. The van der Waals surface area contributed by atoms with Crippen molar-refractivity contribution < 1.29 is 9.13 Å². The SMILES string of the molecule is C=CC(C#N)=N/C=C(\C)c1nc(N2CCC(N)CC2)n(C)c(=O)c1-c1ccc(OC)c(F)c1. The summed E-state index contributed by atoms with van der Waals surface area (Å²) in [5.74, 6) is -0.0105. The number of allylic oxidation sites excluding steroid dienone is 2. The minimum absolute atomic E-state index is 0.0767. The Balaban J connectivity index is 2.24. The zero-order valence-electron chi connectivity index (χ0n) is 19.0. The molecule has 1 aromatic heterocycles. The van der Waals surface area contributed by atoms with Crippen LogP contribution in [0.4, 0.5) is 10.3 Å². The van der Waals surface area contributed by atoms with E-state index in [1.165, 1.54) is 36.1 Å². The van der Waals surface area contributed by atoms with E-state index in [0.29, 0.717) is 35.9 Å². The van der Waals surface area contributed by atoms with Crippen LogP contribution in [0.15, 0.2) is 46.8 Å². The Bertz CT molecular complexity index is 1220. The molecule has 1 saturated heterocycles. The summed E-state index contributed by atoms with van der Waals surface area (Å²) in [4.78, 5) is 24.5. The molecule has 0 unspecified atom stereocenters. The number of hydrogen-bond donors (Lipinski definition) is 1. The lowest BCUT2D eigenvalue weighted by Crippen LogP contribution is -2.42. The first-order valence-electron chi connectivity index (χ1n) is 10.5. The molecule has 1 aromatic carbocycles. The van der Waals surface area contributed by atoms with E-state index in [9.17, 15) is 9.18 Å². The Morgan fingerprint density at radius 1 is 1.42 bits per heavy atom. The highest BCUT2D eigenvalue weighted by Crippen LogP contribution is 2.30. The highest BCUT2D eigenvalue weighted by atomic mass is 19.1. The van der Waals surface area contributed by atoms with Gasteiger partial charge in [-0.15, -0.1) is 0 Å². The molecule has 0 radical (unpaired) electrons. The number of nitriles is 1. The van der Waals surface area contributed by atoms with Gasteiger partial charge in [-0.25, -0.2) is 14.4 Å². The van der Waals surface area contributed by atoms with Crippen LogP contribution in [0.3, 0.4) is 0 Å². The minimum atomic E-state index is -0.588. The normalized spacial score (nSPS) is 15.3. The van der Waals surface area contributed by atoms with Crippen LogP contribution in [0, 0.1) is 17.1 Å². The summed E-state index contributed by atoms with van der Waals surface area (Å²) >= 11 is 0. The third-order valence-corrected chi connectivity index (χ3v) is 5.61. The minimum Gasteiger partial charge on any atom is -0.494 e. The van der Waals surface area contributed by atoms with Crippen LogP contribution in [-0.4, -0.2) is 41.5 Å². The highest BCUT2D eigenvalue weighted by Gasteiger charge is 2.24. The summed E-state index contributed by atoms with van der Waals surface area (Å²) in [6.45, 7) is 6.65. The number of rotatable bonds is 6. The number of nitrogens with two attached hydrogens (primary N) is 1. The lowest BCUT2D eigenvalue weighted by atomic mass is 10.0. The van der Waals surface area contributed by atoms with Gasteiger partial charge in [0, 0.05) is 32.4 Å². The average molecular weight is 451 g/mol. The van der Waals surface area contributed by atoms with Crippen molar-refractivity contribution in [3.63, 3.8) is 0 Å². The number of piperidine rings is 1. The van der Waals surface area contributed by atoms with E-state index < -0.39 is 5.82 Å². The van der Waals surface area contributed by atoms with E-state index >= 15 is 0 Å². The van der Waals surface area contributed by atoms with E-state index in [-0.39, 0.29) is 28.6 Å². The number of aliphatic imine (C=N–C) groups is 1. The maximum absolute atomic E-state index is 14.5. The number of halogens is 1. The van der Waals surface area contributed by atoms with Crippen molar-refractivity contribution >= 4 is 17.2 Å². The van der Waals surface area contributed by atoms with Crippen LogP contribution in [0.2, 0.25) is 0 Å². The van der Waals surface area contributed by atoms with Crippen molar-refractivity contribution in [1.82, 2.24) is 9.55 Å². The largest absolute Gasteiger partial charge is 0.494 e. The number of methoxy groups -OCH3 is 1. The maximum atomic E-state index is 14.5. The van der Waals surface area contributed by atoms with Crippen LogP contribution in [-0.2, 0) is 7.05 Å². The third-order valence-electron chi connectivity index (χ3n) is 5.61. The van der Waals surface area contributed by atoms with Crippen molar-refractivity contribution in [2.75, 3.05) is 25.1 Å². The smallest absolute Gasteiger partial charge is 0.263 e. The first kappa shape index (κ1) is 23.9. The van der Waals surface area contributed by atoms with Gasteiger partial charge >= 0.3 is 0 Å². The molecule has 8 nitrogen and oxygen atoms in total. The summed E-state index contributed by atoms with van der Waals surface area (Å²) < 4.78 is 21.0. The van der Waals surface area contributed by atoms with E-state index in [4.69, 9.17) is 20.7 Å². The van der Waals surface area contributed by atoms with E-state index in [2.05, 4.69) is 11.6 Å². The molecule has 0 bridgehead atoms. The molecule has 0 atom stereocenters. The van der Waals surface area contributed by atoms with Crippen LogP contribution < -0.4 is 20.9 Å². The van der Waals surface area contributed by atoms with E-state index in [1.807, 2.05) is 11.0 Å². The van der Waals surface area contributed by atoms with E-state index in [0.717, 1.165) is 12.8 Å². The second kappa shape index (κ2) is 10.2. The molecule has 1 aliphatic rings. The van der Waals surface area contributed by atoms with Crippen LogP contribution in [0.25, 0.3) is 16.7 Å². The molecule has 2 heterocycles. The number of benzene rings is 1. The first-order chi connectivity index (χ1) is 15.8. The topological polar surface area (TPSA) is 110 Å². The molecule has 2 N–H and O–H groups in total. The van der Waals surface area contributed by atoms with Gasteiger partial charge in [0.2, 0.25) is 5.95 Å². The molecule has 33 heavy (non-hydrogen) atoms. The first-order valence-corrected chi connectivity index (χ1v) is 10.5. The van der Waals surface area contributed by atoms with Crippen molar-refractivity contribution in [3.05, 3.63) is 58.9 Å². The average Bonchev–Trinajstić information content (AvgIpc) is 2.81. The van der Waals surface area contributed by atoms with Crippen LogP contribution in [0.5, 0.6) is 5.75 Å². The molecule has 0 aliphatic carbocycles. The number of anilines is 1. The van der Waals surface area contributed by atoms with E-state index in [1.54, 1.807) is 20.0 Å². The number of ether oxygens (including phenoxy) is 1. The standard InChI is InChI=1S/C24H27FN6O2/c1-5-18(13-26)28-14-15(2)22-21(16-6-7-20(33-4)19(25)12-16)23(32)30(3)24(29-22)31-10-8-17(27)9-11-31/h5-7,12,14,17H,1,8-11,27H2,2-4H3/b15-14+,28-18?. The fourth-order valence-corrected chi connectivity index (χ4v) is 3.70. The monoisotopic (exact) mass is 450 g/mol. The third kappa shape index (κ3) is 5.02. The Labute approximate surface area is 192 Å². The van der Waals surface area contributed by atoms with Crippen LogP contribution >= 0.6 is 0 Å². The molecule has 2 aromatic rings. The highest BCUT2D eigenvalue weighted by molar-refractivity contribution is 6.07. The quantitative estimate of drug-likeness (QED) is 0.678. The van der Waals surface area contributed by atoms with Gasteiger partial charge in [-0.1, -0.05) is 12.6 Å². The Morgan fingerprint density at radius 2 is 2.12 bits per heavy atom. The maximum Gasteiger partial charge on any atom is 0.263 e. The molecular formula is C24H27FN6O2. The number of nitrogens with zero attached hydrogens (tertiary/aromatic N) is 5. The van der Waals surface area contributed by atoms with Crippen molar-refractivity contribution in [2.45, 2.75) is 25.8 Å². The Morgan fingerprint density at radius 3 is 2.70 bits per heavy atom. The summed E-state index contributed by atoms with van der Waals surface area (Å²) in [5, 5.41) is 9.12. The molecule has 3 rings (SSSR count). The molecule has 0 spiro atoms. The van der Waals surface area contributed by atoms with Gasteiger partial charge in [0.25, 0.3) is 5.56 Å². The fourth-order valence-electron chi connectivity index (χ4n) is 3.70. The zero-order chi connectivity index (χ0) is 24.1. The summed E-state index contributed by atoms with van der Waals surface area (Å²) in [5.41, 5.74) is 7.34. The summed E-state index contributed by atoms with van der Waals surface area (Å²) in [7, 11) is 3.02. The van der Waals surface area contributed by atoms with Gasteiger partial charge in [-0.2, -0.15) is 5.26 Å². The summed E-state index contributed by atoms with van der Waals surface area (Å²) in [6.07, 6.45) is 4.38. The lowest BCUT2D eigenvalue weighted by Gasteiger charge is -2.32. The van der Waals surface area contributed by atoms with Gasteiger partial charge in [0.1, 0.15) is 11.8 Å². The second-order valence-corrected chi connectivity index (χ2v) is 7.82. The van der Waals surface area contributed by atoms with Crippen molar-refractivity contribution in [3.8, 4) is 22.9 Å². The van der Waals surface area contributed by atoms with Gasteiger partial charge in [-0.3, -0.25) is 9.36 Å². The molecule has 9 heteroatoms. The number of aromatic nitrogens is 2. The Hall–Kier alpha value is -3.77. The fraction of sp³-hybridized carbons (Fsp3) is 0.333. The predicted molar refractivity (Wildman–Crippen MR) is 128 cm³/mol. The molecule has 0 saturated carbocycles. The van der Waals surface area contributed by atoms with Gasteiger partial charge in [0.15, 0.2) is 11.6 Å². The zero-order valence-corrected chi connectivity index (χ0v) is 19.0. The molecule has 1 aliphatic heterocycles. The van der Waals surface area contributed by atoms with Crippen molar-refractivity contribution in [1.29, 1.82) is 5.26 Å². The predicted octanol–water partition coefficient (Wildman–Crippen LogP) is 3.03. The van der Waals surface area contributed by atoms with Gasteiger partial charge < -0.3 is 15.4 Å². The Kier molecular flexibility index (Phi) is 7.41. The van der Waals surface area contributed by atoms with Gasteiger partial charge in [-0.05, 0) is 49.1 Å². The molecule has 0 amide bonds.